The van der Waals surface area contributed by atoms with Crippen molar-refractivity contribution >= 4 is 0 Å². The minimum absolute atomic E-state index is 0.268. The van der Waals surface area contributed by atoms with Gasteiger partial charge in [-0.15, -0.1) is 0 Å². The van der Waals surface area contributed by atoms with Gasteiger partial charge >= 0.3 is 0 Å². The third-order valence-corrected chi connectivity index (χ3v) is 5.33. The lowest BCUT2D eigenvalue weighted by molar-refractivity contribution is 0.223. The highest BCUT2D eigenvalue weighted by molar-refractivity contribution is 5.51. The van der Waals surface area contributed by atoms with Crippen LogP contribution in [0.1, 0.15) is 55.3 Å². The lowest BCUT2D eigenvalue weighted by atomic mass is 9.97. The third-order valence-electron chi connectivity index (χ3n) is 5.33. The van der Waals surface area contributed by atoms with Crippen molar-refractivity contribution in [3.05, 3.63) is 28.8 Å². The molecular weight excluding hydrogens is 248 g/mol. The highest BCUT2D eigenvalue weighted by atomic mass is 16.3. The van der Waals surface area contributed by atoms with E-state index in [1.807, 2.05) is 12.1 Å². The van der Waals surface area contributed by atoms with E-state index >= 15 is 0 Å². The lowest BCUT2D eigenvalue weighted by Gasteiger charge is -2.26. The van der Waals surface area contributed by atoms with Crippen LogP contribution in [0.3, 0.4) is 0 Å². The smallest absolute Gasteiger partial charge is 0.120 e. The first-order valence-corrected chi connectivity index (χ1v) is 7.81. The molecule has 2 aliphatic rings. The maximum absolute atomic E-state index is 10.3. The monoisotopic (exact) mass is 274 g/mol. The summed E-state index contributed by atoms with van der Waals surface area (Å²) in [5, 5.41) is 10.3. The number of nitrogens with two attached hydrogens (primary N) is 1. The van der Waals surface area contributed by atoms with Crippen LogP contribution in [0.15, 0.2) is 12.1 Å². The van der Waals surface area contributed by atoms with Gasteiger partial charge in [-0.2, -0.15) is 0 Å². The van der Waals surface area contributed by atoms with E-state index < -0.39 is 0 Å². The fraction of sp³-hybridized carbons (Fsp3) is 0.647. The van der Waals surface area contributed by atoms with E-state index in [0.717, 1.165) is 19.5 Å². The minimum Gasteiger partial charge on any atom is -0.508 e. The van der Waals surface area contributed by atoms with Crippen molar-refractivity contribution in [2.24, 2.45) is 11.7 Å². The molecule has 0 radical (unpaired) electrons. The minimum atomic E-state index is 0.268. The van der Waals surface area contributed by atoms with Gasteiger partial charge in [-0.05, 0) is 62.3 Å². The molecule has 0 bridgehead atoms. The molecule has 0 aromatic heterocycles. The Labute approximate surface area is 121 Å². The summed E-state index contributed by atoms with van der Waals surface area (Å²) in [6.45, 7) is 8.73. The fourth-order valence-electron chi connectivity index (χ4n) is 4.17. The Bertz CT molecular complexity index is 512. The van der Waals surface area contributed by atoms with Gasteiger partial charge in [0.25, 0.3) is 0 Å². The zero-order valence-electron chi connectivity index (χ0n) is 12.8. The molecule has 0 amide bonds. The molecule has 1 aliphatic heterocycles. The van der Waals surface area contributed by atoms with E-state index in [9.17, 15) is 5.11 Å². The molecular formula is C17H26N2O. The van der Waals surface area contributed by atoms with Gasteiger partial charge in [-0.1, -0.05) is 13.0 Å². The Balaban J connectivity index is 1.91. The number of likely N-dealkylation sites (tertiary alicyclic amines) is 1. The average Bonchev–Trinajstić information content (AvgIpc) is 2.99. The summed E-state index contributed by atoms with van der Waals surface area (Å²) in [6.07, 6.45) is 2.31. The van der Waals surface area contributed by atoms with Crippen LogP contribution in [0.5, 0.6) is 5.75 Å². The van der Waals surface area contributed by atoms with Crippen molar-refractivity contribution < 1.29 is 5.11 Å². The van der Waals surface area contributed by atoms with Gasteiger partial charge in [0.1, 0.15) is 5.75 Å². The molecule has 4 atom stereocenters. The first-order chi connectivity index (χ1) is 9.49. The number of rotatable bonds is 2. The van der Waals surface area contributed by atoms with E-state index in [-0.39, 0.29) is 6.04 Å². The zero-order valence-corrected chi connectivity index (χ0v) is 12.8. The molecule has 4 unspecified atom stereocenters. The number of hydrogen-bond acceptors (Lipinski definition) is 3. The topological polar surface area (TPSA) is 49.5 Å². The molecule has 3 heteroatoms. The van der Waals surface area contributed by atoms with Crippen LogP contribution in [-0.4, -0.2) is 29.1 Å². The molecule has 20 heavy (non-hydrogen) atoms. The number of fused-ring (bicyclic) bond motifs is 1. The van der Waals surface area contributed by atoms with Gasteiger partial charge in [0.2, 0.25) is 0 Å². The van der Waals surface area contributed by atoms with Crippen molar-refractivity contribution in [2.75, 3.05) is 13.1 Å². The SMILES string of the molecule is Cc1ccc(O)c2c1C(C)CC2N1CCC(C(C)N)C1. The van der Waals surface area contributed by atoms with Crippen LogP contribution in [0.2, 0.25) is 0 Å². The van der Waals surface area contributed by atoms with Gasteiger partial charge in [-0.25, -0.2) is 0 Å². The first kappa shape index (κ1) is 13.9. The first-order valence-electron chi connectivity index (χ1n) is 7.81. The molecule has 1 saturated heterocycles. The van der Waals surface area contributed by atoms with Crippen LogP contribution in [0, 0.1) is 12.8 Å². The van der Waals surface area contributed by atoms with Crippen molar-refractivity contribution in [1.29, 1.82) is 0 Å². The van der Waals surface area contributed by atoms with E-state index in [2.05, 4.69) is 25.7 Å². The highest BCUT2D eigenvalue weighted by Crippen LogP contribution is 2.49. The van der Waals surface area contributed by atoms with Crippen LogP contribution in [-0.2, 0) is 0 Å². The highest BCUT2D eigenvalue weighted by Gasteiger charge is 2.39. The van der Waals surface area contributed by atoms with Crippen LogP contribution in [0.25, 0.3) is 0 Å². The predicted molar refractivity (Wildman–Crippen MR) is 81.9 cm³/mol. The van der Waals surface area contributed by atoms with E-state index in [0.29, 0.717) is 23.6 Å². The molecule has 3 rings (SSSR count). The number of benzene rings is 1. The summed E-state index contributed by atoms with van der Waals surface area (Å²) in [6, 6.07) is 4.55. The fourth-order valence-corrected chi connectivity index (χ4v) is 4.17. The van der Waals surface area contributed by atoms with Gasteiger partial charge < -0.3 is 10.8 Å². The molecule has 1 heterocycles. The standard InChI is InChI=1S/C17H26N2O/c1-10-4-5-15(20)17-14(8-11(2)16(10)17)19-7-6-13(9-19)12(3)18/h4-5,11-14,20H,6-9,18H2,1-3H3. The maximum atomic E-state index is 10.3. The van der Waals surface area contributed by atoms with Crippen LogP contribution < -0.4 is 5.73 Å². The molecule has 3 N–H and O–H groups in total. The molecule has 1 fully saturated rings. The lowest BCUT2D eigenvalue weighted by Crippen LogP contribution is -2.31. The average molecular weight is 274 g/mol. The zero-order chi connectivity index (χ0) is 14.4. The number of phenolic OH excluding ortho intramolecular Hbond substituents is 1. The van der Waals surface area contributed by atoms with Crippen molar-refractivity contribution in [3.63, 3.8) is 0 Å². The molecule has 0 spiro atoms. The number of aryl methyl sites for hydroxylation is 1. The van der Waals surface area contributed by atoms with Crippen LogP contribution in [0.4, 0.5) is 0 Å². The van der Waals surface area contributed by atoms with Crippen LogP contribution >= 0.6 is 0 Å². The molecule has 1 aliphatic carbocycles. The van der Waals surface area contributed by atoms with Gasteiger partial charge in [0.15, 0.2) is 0 Å². The predicted octanol–water partition coefficient (Wildman–Crippen LogP) is 2.92. The summed E-state index contributed by atoms with van der Waals surface area (Å²) in [5.41, 5.74) is 9.93. The molecule has 0 saturated carbocycles. The summed E-state index contributed by atoms with van der Waals surface area (Å²) in [4.78, 5) is 2.54. The molecule has 110 valence electrons. The largest absolute Gasteiger partial charge is 0.508 e. The Morgan fingerprint density at radius 3 is 2.75 bits per heavy atom. The van der Waals surface area contributed by atoms with Gasteiger partial charge in [0.05, 0.1) is 0 Å². The van der Waals surface area contributed by atoms with Crippen molar-refractivity contribution in [2.45, 2.75) is 51.6 Å². The van der Waals surface area contributed by atoms with E-state index in [4.69, 9.17) is 5.73 Å². The summed E-state index contributed by atoms with van der Waals surface area (Å²) in [5.74, 6) is 1.61. The molecule has 3 nitrogen and oxygen atoms in total. The Morgan fingerprint density at radius 2 is 2.10 bits per heavy atom. The Kier molecular flexibility index (Phi) is 3.51. The second-order valence-corrected chi connectivity index (χ2v) is 6.78. The second kappa shape index (κ2) is 5.05. The second-order valence-electron chi connectivity index (χ2n) is 6.78. The Morgan fingerprint density at radius 1 is 1.35 bits per heavy atom. The molecule has 1 aromatic carbocycles. The normalized spacial score (nSPS) is 31.5. The number of phenols is 1. The number of aromatic hydroxyl groups is 1. The van der Waals surface area contributed by atoms with E-state index in [1.165, 1.54) is 23.1 Å². The summed E-state index contributed by atoms with van der Waals surface area (Å²) in [7, 11) is 0. The summed E-state index contributed by atoms with van der Waals surface area (Å²) >= 11 is 0. The third kappa shape index (κ3) is 2.13. The van der Waals surface area contributed by atoms with Crippen molar-refractivity contribution in [3.8, 4) is 5.75 Å². The van der Waals surface area contributed by atoms with Crippen molar-refractivity contribution in [1.82, 2.24) is 4.90 Å². The number of nitrogens with zero attached hydrogens (tertiary/aromatic N) is 1. The van der Waals surface area contributed by atoms with E-state index in [1.54, 1.807) is 0 Å². The summed E-state index contributed by atoms with van der Waals surface area (Å²) < 4.78 is 0. The number of hydrogen-bond donors (Lipinski definition) is 2. The quantitative estimate of drug-likeness (QED) is 0.872. The van der Waals surface area contributed by atoms with Gasteiger partial charge in [0, 0.05) is 24.2 Å². The maximum Gasteiger partial charge on any atom is 0.120 e. The van der Waals surface area contributed by atoms with Gasteiger partial charge in [-0.3, -0.25) is 4.90 Å². The Hall–Kier alpha value is -1.06. The molecule has 1 aromatic rings.